The number of hydrogen-bond donors (Lipinski definition) is 1. The molecule has 0 radical (unpaired) electrons. The van der Waals surface area contributed by atoms with Gasteiger partial charge in [0, 0.05) is 4.47 Å². The highest BCUT2D eigenvalue weighted by atomic mass is 79.9. The van der Waals surface area contributed by atoms with Gasteiger partial charge >= 0.3 is 0 Å². The van der Waals surface area contributed by atoms with Gasteiger partial charge in [-0.3, -0.25) is 0 Å². The van der Waals surface area contributed by atoms with Crippen LogP contribution >= 0.6 is 15.9 Å². The monoisotopic (exact) mass is 228 g/mol. The van der Waals surface area contributed by atoms with Crippen LogP contribution in [0.5, 0.6) is 5.75 Å². The number of anilines is 1. The van der Waals surface area contributed by atoms with Gasteiger partial charge in [0.2, 0.25) is 0 Å². The number of halogens is 1. The summed E-state index contributed by atoms with van der Waals surface area (Å²) in [6, 6.07) is 5.82. The molecule has 0 fully saturated rings. The molecule has 0 aromatic heterocycles. The molecule has 1 aromatic rings. The summed E-state index contributed by atoms with van der Waals surface area (Å²) in [5.74, 6) is 6.58. The highest BCUT2D eigenvalue weighted by Crippen LogP contribution is 2.32. The van der Waals surface area contributed by atoms with E-state index >= 15 is 0 Å². The van der Waals surface area contributed by atoms with Crippen molar-refractivity contribution >= 4 is 21.6 Å². The van der Waals surface area contributed by atoms with Crippen LogP contribution in [0, 0.1) is 0 Å². The lowest BCUT2D eigenvalue weighted by atomic mass is 10.2. The summed E-state index contributed by atoms with van der Waals surface area (Å²) in [6.45, 7) is 1.40. The Morgan fingerprint density at radius 3 is 3.17 bits per heavy atom. The number of benzene rings is 1. The zero-order valence-corrected chi connectivity index (χ0v) is 8.04. The lowest BCUT2D eigenvalue weighted by Gasteiger charge is -2.26. The van der Waals surface area contributed by atoms with Gasteiger partial charge in [-0.25, -0.2) is 5.84 Å². The summed E-state index contributed by atoms with van der Waals surface area (Å²) >= 11 is 3.37. The van der Waals surface area contributed by atoms with Crippen LogP contribution in [0.4, 0.5) is 5.69 Å². The lowest BCUT2D eigenvalue weighted by molar-refractivity contribution is 0.308. The van der Waals surface area contributed by atoms with Crippen molar-refractivity contribution in [1.29, 1.82) is 0 Å². The third-order valence-corrected chi connectivity index (χ3v) is 2.31. The fraction of sp³-hybridized carbons (Fsp3) is 0.250. The first kappa shape index (κ1) is 7.89. The van der Waals surface area contributed by atoms with Crippen LogP contribution in [-0.2, 0) is 0 Å². The fourth-order valence-electron chi connectivity index (χ4n) is 1.22. The second-order valence-corrected chi connectivity index (χ2v) is 3.57. The van der Waals surface area contributed by atoms with Crippen molar-refractivity contribution < 1.29 is 4.74 Å². The van der Waals surface area contributed by atoms with Crippen LogP contribution in [-0.4, -0.2) is 13.2 Å². The van der Waals surface area contributed by atoms with Gasteiger partial charge in [-0.2, -0.15) is 0 Å². The average molecular weight is 229 g/mol. The maximum Gasteiger partial charge on any atom is 0.145 e. The van der Waals surface area contributed by atoms with E-state index in [-0.39, 0.29) is 0 Å². The summed E-state index contributed by atoms with van der Waals surface area (Å²) in [7, 11) is 0. The SMILES string of the molecule is NN1CCOc2cc(Br)ccc21. The minimum atomic E-state index is 0.653. The topological polar surface area (TPSA) is 38.5 Å². The Bertz CT molecular complexity index is 303. The van der Waals surface area contributed by atoms with Crippen LogP contribution in [0.2, 0.25) is 0 Å². The van der Waals surface area contributed by atoms with Crippen molar-refractivity contribution in [2.45, 2.75) is 0 Å². The minimum Gasteiger partial charge on any atom is -0.489 e. The molecule has 1 aliphatic heterocycles. The molecule has 0 saturated heterocycles. The van der Waals surface area contributed by atoms with E-state index in [0.717, 1.165) is 22.5 Å². The van der Waals surface area contributed by atoms with E-state index in [0.29, 0.717) is 6.61 Å². The third kappa shape index (κ3) is 1.28. The smallest absolute Gasteiger partial charge is 0.145 e. The van der Waals surface area contributed by atoms with Gasteiger partial charge in [0.05, 0.1) is 12.2 Å². The molecule has 4 heteroatoms. The number of nitrogens with two attached hydrogens (primary N) is 1. The van der Waals surface area contributed by atoms with E-state index in [4.69, 9.17) is 10.6 Å². The molecule has 0 unspecified atom stereocenters. The molecule has 3 nitrogen and oxygen atoms in total. The van der Waals surface area contributed by atoms with E-state index in [2.05, 4.69) is 15.9 Å². The fourth-order valence-corrected chi connectivity index (χ4v) is 1.56. The van der Waals surface area contributed by atoms with E-state index in [1.54, 1.807) is 5.01 Å². The Labute approximate surface area is 79.2 Å². The molecule has 0 amide bonds. The van der Waals surface area contributed by atoms with Crippen molar-refractivity contribution in [3.8, 4) is 5.75 Å². The predicted molar refractivity (Wildman–Crippen MR) is 51.2 cm³/mol. The summed E-state index contributed by atoms with van der Waals surface area (Å²) in [5, 5.41) is 1.70. The Hall–Kier alpha value is -0.740. The van der Waals surface area contributed by atoms with E-state index < -0.39 is 0 Å². The summed E-state index contributed by atoms with van der Waals surface area (Å²) in [4.78, 5) is 0. The average Bonchev–Trinajstić information content (AvgIpc) is 2.04. The zero-order chi connectivity index (χ0) is 8.55. The first-order valence-electron chi connectivity index (χ1n) is 3.72. The molecular weight excluding hydrogens is 220 g/mol. The Morgan fingerprint density at radius 1 is 1.50 bits per heavy atom. The minimum absolute atomic E-state index is 0.653. The quantitative estimate of drug-likeness (QED) is 0.685. The largest absolute Gasteiger partial charge is 0.489 e. The highest BCUT2D eigenvalue weighted by Gasteiger charge is 2.14. The molecule has 0 bridgehead atoms. The Balaban J connectivity index is 2.46. The summed E-state index contributed by atoms with van der Waals surface area (Å²) < 4.78 is 6.43. The molecule has 12 heavy (non-hydrogen) atoms. The maximum atomic E-state index is 5.73. The van der Waals surface area contributed by atoms with Crippen molar-refractivity contribution in [3.05, 3.63) is 22.7 Å². The lowest BCUT2D eigenvalue weighted by Crippen LogP contribution is -2.38. The third-order valence-electron chi connectivity index (χ3n) is 1.82. The van der Waals surface area contributed by atoms with Gasteiger partial charge in [0.1, 0.15) is 12.4 Å². The van der Waals surface area contributed by atoms with Gasteiger partial charge in [0.25, 0.3) is 0 Å². The molecule has 0 saturated carbocycles. The van der Waals surface area contributed by atoms with Crippen molar-refractivity contribution in [1.82, 2.24) is 0 Å². The molecule has 2 N–H and O–H groups in total. The first-order valence-corrected chi connectivity index (χ1v) is 4.51. The van der Waals surface area contributed by atoms with Gasteiger partial charge in [0.15, 0.2) is 0 Å². The van der Waals surface area contributed by atoms with Crippen molar-refractivity contribution in [2.75, 3.05) is 18.2 Å². The molecule has 2 rings (SSSR count). The second kappa shape index (κ2) is 2.95. The number of hydrogen-bond acceptors (Lipinski definition) is 3. The summed E-state index contributed by atoms with van der Waals surface area (Å²) in [5.41, 5.74) is 0.949. The van der Waals surface area contributed by atoms with Crippen LogP contribution in [0.25, 0.3) is 0 Å². The van der Waals surface area contributed by atoms with Crippen LogP contribution in [0.3, 0.4) is 0 Å². The van der Waals surface area contributed by atoms with Crippen LogP contribution in [0.1, 0.15) is 0 Å². The number of rotatable bonds is 0. The van der Waals surface area contributed by atoms with E-state index in [9.17, 15) is 0 Å². The standard InChI is InChI=1S/C8H9BrN2O/c9-6-1-2-7-8(5-6)12-4-3-11(7)10/h1-2,5H,3-4,10H2. The van der Waals surface area contributed by atoms with Crippen molar-refractivity contribution in [2.24, 2.45) is 5.84 Å². The highest BCUT2D eigenvalue weighted by molar-refractivity contribution is 9.10. The number of hydrazine groups is 1. The normalized spacial score (nSPS) is 15.3. The van der Waals surface area contributed by atoms with Crippen LogP contribution in [0.15, 0.2) is 22.7 Å². The number of fused-ring (bicyclic) bond motifs is 1. The Kier molecular flexibility index (Phi) is 1.94. The summed E-state index contributed by atoms with van der Waals surface area (Å²) in [6.07, 6.45) is 0. The second-order valence-electron chi connectivity index (χ2n) is 2.65. The molecule has 0 spiro atoms. The van der Waals surface area contributed by atoms with Crippen LogP contribution < -0.4 is 15.6 Å². The number of nitrogens with zero attached hydrogens (tertiary/aromatic N) is 1. The van der Waals surface area contributed by atoms with E-state index in [1.807, 2.05) is 18.2 Å². The van der Waals surface area contributed by atoms with Gasteiger partial charge in [-0.15, -0.1) is 0 Å². The molecule has 0 atom stereocenters. The van der Waals surface area contributed by atoms with Gasteiger partial charge < -0.3 is 9.75 Å². The van der Waals surface area contributed by atoms with Gasteiger partial charge in [-0.1, -0.05) is 15.9 Å². The zero-order valence-electron chi connectivity index (χ0n) is 6.46. The van der Waals surface area contributed by atoms with Gasteiger partial charge in [-0.05, 0) is 18.2 Å². The van der Waals surface area contributed by atoms with E-state index in [1.165, 1.54) is 0 Å². The predicted octanol–water partition coefficient (Wildman–Crippen LogP) is 1.52. The van der Waals surface area contributed by atoms with Crippen molar-refractivity contribution in [3.63, 3.8) is 0 Å². The maximum absolute atomic E-state index is 5.73. The molecule has 0 aliphatic carbocycles. The first-order chi connectivity index (χ1) is 5.77. The molecule has 1 heterocycles. The molecule has 64 valence electrons. The molecule has 1 aliphatic rings. The molecular formula is C8H9BrN2O. The Morgan fingerprint density at radius 2 is 2.33 bits per heavy atom. The molecule has 1 aromatic carbocycles. The number of ether oxygens (including phenoxy) is 1.